The van der Waals surface area contributed by atoms with Crippen LogP contribution in [-0.4, -0.2) is 46.4 Å². The maximum absolute atomic E-state index is 14.2. The summed E-state index contributed by atoms with van der Waals surface area (Å²) in [7, 11) is 7.95. The number of rotatable bonds is 12. The van der Waals surface area contributed by atoms with Gasteiger partial charge in [0.2, 0.25) is 0 Å². The highest BCUT2D eigenvalue weighted by molar-refractivity contribution is 6.53. The summed E-state index contributed by atoms with van der Waals surface area (Å²) < 4.78 is 18.6. The fourth-order valence-corrected chi connectivity index (χ4v) is 7.71. The van der Waals surface area contributed by atoms with Crippen LogP contribution in [0.2, 0.25) is 20.1 Å². The van der Waals surface area contributed by atoms with E-state index in [1.807, 2.05) is 175 Å². The first kappa shape index (κ1) is 41.1. The van der Waals surface area contributed by atoms with E-state index in [2.05, 4.69) is 0 Å². The van der Waals surface area contributed by atoms with Gasteiger partial charge in [0.05, 0.1) is 37.9 Å². The molecule has 0 spiro atoms. The van der Waals surface area contributed by atoms with Crippen molar-refractivity contribution in [3.8, 4) is 11.5 Å². The monoisotopic (exact) mass is 828 g/mol. The Balaban J connectivity index is 1.71. The third kappa shape index (κ3) is 8.54. The van der Waals surface area contributed by atoms with Crippen molar-refractivity contribution in [2.24, 2.45) is 0 Å². The smallest absolute Gasteiger partial charge is 0.341 e. The standard InChI is InChI=1S/C46H44Cl4N2O4/c1-27(2)54-35-21-13-31(14-22-35)37(29-9-17-33(18-10-29)51(5)6)25-46(40-39(45(53)56-46)41(47)43(49)44(50)42(40)48)26-38(30-11-19-34(20-12-30)52(7)8)32-15-23-36(24-16-32)55-28(3)4/h9-28H,1-8H3/b37-25-,38-26-. The fourth-order valence-electron chi connectivity index (χ4n) is 6.63. The summed E-state index contributed by atoms with van der Waals surface area (Å²) in [5.74, 6) is 0.759. The van der Waals surface area contributed by atoms with Gasteiger partial charge in [-0.3, -0.25) is 0 Å². The van der Waals surface area contributed by atoms with E-state index < -0.39 is 11.6 Å². The number of hydrogen-bond acceptors (Lipinski definition) is 6. The SMILES string of the molecule is CC(C)Oc1ccc(/C(=C\C2(/C=C(\c3ccc(OC(C)C)cc3)c3ccc(N(C)C)cc3)OC(=O)c3c(Cl)c(Cl)c(Cl)c(Cl)c32)c2ccc(N(C)C)cc2)cc1. The Hall–Kier alpha value is -4.59. The van der Waals surface area contributed by atoms with Crippen molar-refractivity contribution in [3.05, 3.63) is 163 Å². The molecule has 5 aromatic rings. The van der Waals surface area contributed by atoms with Gasteiger partial charge >= 0.3 is 5.97 Å². The van der Waals surface area contributed by atoms with Gasteiger partial charge in [-0.1, -0.05) is 94.9 Å². The lowest BCUT2D eigenvalue weighted by molar-refractivity contribution is 0.0300. The van der Waals surface area contributed by atoms with Crippen molar-refractivity contribution in [2.45, 2.75) is 45.5 Å². The summed E-state index contributed by atoms with van der Waals surface area (Å²) in [5, 5.41) is 0.00301. The van der Waals surface area contributed by atoms with E-state index in [4.69, 9.17) is 60.6 Å². The number of carbonyl (C=O) groups is 1. The zero-order valence-electron chi connectivity index (χ0n) is 32.6. The van der Waals surface area contributed by atoms with Gasteiger partial charge in [0.15, 0.2) is 5.60 Å². The molecule has 1 aliphatic heterocycles. The summed E-state index contributed by atoms with van der Waals surface area (Å²) in [5.41, 5.74) is 5.63. The van der Waals surface area contributed by atoms with Crippen LogP contribution >= 0.6 is 46.4 Å². The molecule has 0 saturated carbocycles. The number of anilines is 2. The second-order valence-electron chi connectivity index (χ2n) is 14.6. The van der Waals surface area contributed by atoms with E-state index in [9.17, 15) is 4.79 Å². The molecule has 56 heavy (non-hydrogen) atoms. The van der Waals surface area contributed by atoms with Gasteiger partial charge in [-0.2, -0.15) is 0 Å². The van der Waals surface area contributed by atoms with Gasteiger partial charge in [0.1, 0.15) is 11.5 Å². The van der Waals surface area contributed by atoms with E-state index in [0.29, 0.717) is 0 Å². The summed E-state index contributed by atoms with van der Waals surface area (Å²) in [6.07, 6.45) is 3.82. The second-order valence-corrected chi connectivity index (χ2v) is 16.1. The Kier molecular flexibility index (Phi) is 12.4. The number of cyclic esters (lactones) is 1. The van der Waals surface area contributed by atoms with Crippen LogP contribution in [0.15, 0.2) is 109 Å². The summed E-state index contributed by atoms with van der Waals surface area (Å²) >= 11 is 27.4. The Morgan fingerprint density at radius 3 is 1.23 bits per heavy atom. The fraction of sp³-hybridized carbons (Fsp3) is 0.239. The predicted octanol–water partition coefficient (Wildman–Crippen LogP) is 12.6. The molecule has 1 heterocycles. The number of fused-ring (bicyclic) bond motifs is 1. The molecule has 0 amide bonds. The van der Waals surface area contributed by atoms with Crippen LogP contribution < -0.4 is 19.3 Å². The molecule has 0 aromatic heterocycles. The molecule has 6 rings (SSSR count). The van der Waals surface area contributed by atoms with Gasteiger partial charge in [0.25, 0.3) is 0 Å². The van der Waals surface area contributed by atoms with Crippen LogP contribution in [0.1, 0.15) is 65.9 Å². The van der Waals surface area contributed by atoms with Crippen LogP contribution in [0, 0.1) is 0 Å². The number of nitrogens with zero attached hydrogens (tertiary/aromatic N) is 2. The summed E-state index contributed by atoms with van der Waals surface area (Å²) in [6, 6.07) is 31.9. The lowest BCUT2D eigenvalue weighted by atomic mass is 9.83. The highest BCUT2D eigenvalue weighted by Gasteiger charge is 2.48. The van der Waals surface area contributed by atoms with Gasteiger partial charge in [0, 0.05) is 45.1 Å². The zero-order chi connectivity index (χ0) is 40.5. The first-order valence-electron chi connectivity index (χ1n) is 18.2. The number of esters is 1. The van der Waals surface area contributed by atoms with E-state index in [-0.39, 0.29) is 43.4 Å². The molecule has 0 bridgehead atoms. The van der Waals surface area contributed by atoms with E-state index in [1.165, 1.54) is 0 Å². The molecule has 0 N–H and O–H groups in total. The quantitative estimate of drug-likeness (QED) is 0.0709. The number of ether oxygens (including phenoxy) is 3. The van der Waals surface area contributed by atoms with Gasteiger partial charge < -0.3 is 24.0 Å². The Labute approximate surface area is 349 Å². The Morgan fingerprint density at radius 2 is 0.893 bits per heavy atom. The summed E-state index contributed by atoms with van der Waals surface area (Å²) in [4.78, 5) is 18.3. The van der Waals surface area contributed by atoms with Crippen molar-refractivity contribution >= 4 is 74.9 Å². The van der Waals surface area contributed by atoms with Gasteiger partial charge in [-0.05, 0) is 122 Å². The van der Waals surface area contributed by atoms with E-state index in [1.54, 1.807) is 0 Å². The first-order chi connectivity index (χ1) is 26.6. The van der Waals surface area contributed by atoms with Crippen molar-refractivity contribution < 1.29 is 19.0 Å². The molecule has 0 unspecified atom stereocenters. The average molecular weight is 831 g/mol. The number of carbonyl (C=O) groups excluding carboxylic acids is 1. The highest BCUT2D eigenvalue weighted by Crippen LogP contribution is 2.53. The van der Waals surface area contributed by atoms with Crippen molar-refractivity contribution in [1.29, 1.82) is 0 Å². The molecular formula is C46H44Cl4N2O4. The lowest BCUT2D eigenvalue weighted by Crippen LogP contribution is -2.23. The second kappa shape index (κ2) is 16.9. The van der Waals surface area contributed by atoms with Crippen LogP contribution in [0.25, 0.3) is 11.1 Å². The number of benzene rings is 5. The Morgan fingerprint density at radius 1 is 0.554 bits per heavy atom. The molecule has 0 saturated heterocycles. The first-order valence-corrected chi connectivity index (χ1v) is 19.7. The molecule has 0 aliphatic carbocycles. The molecule has 10 heteroatoms. The maximum atomic E-state index is 14.2. The van der Waals surface area contributed by atoms with E-state index >= 15 is 0 Å². The molecule has 0 atom stereocenters. The van der Waals surface area contributed by atoms with Crippen molar-refractivity contribution in [1.82, 2.24) is 0 Å². The lowest BCUT2D eigenvalue weighted by Gasteiger charge is -2.27. The maximum Gasteiger partial charge on any atom is 0.341 e. The largest absolute Gasteiger partial charge is 0.491 e. The molecule has 1 aliphatic rings. The minimum Gasteiger partial charge on any atom is -0.491 e. The van der Waals surface area contributed by atoms with Crippen LogP contribution in [0.5, 0.6) is 11.5 Å². The molecule has 0 fully saturated rings. The number of halogens is 4. The van der Waals surface area contributed by atoms with Crippen LogP contribution in [0.4, 0.5) is 11.4 Å². The average Bonchev–Trinajstić information content (AvgIpc) is 3.46. The number of hydrogen-bond donors (Lipinski definition) is 0. The Bertz CT molecular complexity index is 2160. The van der Waals surface area contributed by atoms with Crippen molar-refractivity contribution in [3.63, 3.8) is 0 Å². The molecule has 5 aromatic carbocycles. The third-order valence-electron chi connectivity index (χ3n) is 9.30. The molecular weight excluding hydrogens is 786 g/mol. The summed E-state index contributed by atoms with van der Waals surface area (Å²) in [6.45, 7) is 7.93. The van der Waals surface area contributed by atoms with Gasteiger partial charge in [-0.15, -0.1) is 0 Å². The van der Waals surface area contributed by atoms with E-state index in [0.717, 1.165) is 56.3 Å². The van der Waals surface area contributed by atoms with Crippen LogP contribution in [0.3, 0.4) is 0 Å². The molecule has 0 radical (unpaired) electrons. The third-order valence-corrected chi connectivity index (χ3v) is 11.1. The molecule has 290 valence electrons. The predicted molar refractivity (Wildman–Crippen MR) is 234 cm³/mol. The van der Waals surface area contributed by atoms with Crippen molar-refractivity contribution in [2.75, 3.05) is 38.0 Å². The highest BCUT2D eigenvalue weighted by atomic mass is 35.5. The minimum absolute atomic E-state index is 0.00285. The minimum atomic E-state index is -1.65. The topological polar surface area (TPSA) is 51.2 Å². The molecule has 6 nitrogen and oxygen atoms in total. The van der Waals surface area contributed by atoms with Gasteiger partial charge in [-0.25, -0.2) is 4.79 Å². The normalized spacial score (nSPS) is 13.9. The zero-order valence-corrected chi connectivity index (χ0v) is 35.6. The van der Waals surface area contributed by atoms with Crippen LogP contribution in [-0.2, 0) is 10.3 Å².